The Morgan fingerprint density at radius 2 is 1.55 bits per heavy atom. The first-order valence-corrected chi connectivity index (χ1v) is 6.99. The summed E-state index contributed by atoms with van der Waals surface area (Å²) < 4.78 is 9.58. The number of carbonyl (C=O) groups is 3. The van der Waals surface area contributed by atoms with Gasteiger partial charge in [-0.2, -0.15) is 0 Å². The molecule has 0 saturated carbocycles. The van der Waals surface area contributed by atoms with Crippen molar-refractivity contribution in [3.63, 3.8) is 0 Å². The van der Waals surface area contributed by atoms with Crippen molar-refractivity contribution in [2.75, 3.05) is 26.3 Å². The number of esters is 2. The van der Waals surface area contributed by atoms with Crippen molar-refractivity contribution < 1.29 is 23.9 Å². The summed E-state index contributed by atoms with van der Waals surface area (Å²) in [5.41, 5.74) is 0. The van der Waals surface area contributed by atoms with Crippen LogP contribution in [0, 0.1) is 5.92 Å². The van der Waals surface area contributed by atoms with Crippen LogP contribution < -0.4 is 0 Å². The maximum Gasteiger partial charge on any atom is 0.315 e. The van der Waals surface area contributed by atoms with E-state index < -0.39 is 5.97 Å². The van der Waals surface area contributed by atoms with Crippen LogP contribution in [0.2, 0.25) is 0 Å². The molecule has 0 aromatic rings. The highest BCUT2D eigenvalue weighted by atomic mass is 16.5. The number of ether oxygens (including phenoxy) is 2. The van der Waals surface area contributed by atoms with Gasteiger partial charge in [0.05, 0.1) is 19.6 Å². The molecule has 6 heteroatoms. The Hall–Kier alpha value is -1.59. The minimum absolute atomic E-state index is 0.134. The van der Waals surface area contributed by atoms with Gasteiger partial charge in [0.25, 0.3) is 0 Å². The monoisotopic (exact) mass is 287 g/mol. The van der Waals surface area contributed by atoms with Crippen LogP contribution >= 0.6 is 0 Å². The third-order valence-corrected chi connectivity index (χ3v) is 2.43. The Morgan fingerprint density at radius 1 is 1.00 bits per heavy atom. The summed E-state index contributed by atoms with van der Waals surface area (Å²) in [5.74, 6) is -0.947. The molecule has 0 bridgehead atoms. The van der Waals surface area contributed by atoms with Crippen LogP contribution in [0.25, 0.3) is 0 Å². The lowest BCUT2D eigenvalue weighted by molar-refractivity contribution is -0.149. The zero-order chi connectivity index (χ0) is 15.5. The second kappa shape index (κ2) is 10.2. The van der Waals surface area contributed by atoms with Gasteiger partial charge >= 0.3 is 11.9 Å². The maximum absolute atomic E-state index is 12.0. The fourth-order valence-corrected chi connectivity index (χ4v) is 1.67. The van der Waals surface area contributed by atoms with Gasteiger partial charge in [-0.25, -0.2) is 0 Å². The number of amides is 1. The molecule has 0 saturated heterocycles. The summed E-state index contributed by atoms with van der Waals surface area (Å²) in [6.07, 6.45) is -0.154. The zero-order valence-corrected chi connectivity index (χ0v) is 12.8. The van der Waals surface area contributed by atoms with Crippen LogP contribution in [0.4, 0.5) is 0 Å². The molecule has 6 nitrogen and oxygen atoms in total. The van der Waals surface area contributed by atoms with Gasteiger partial charge in [0.1, 0.15) is 6.42 Å². The Labute approximate surface area is 120 Å². The normalized spacial score (nSPS) is 10.2. The van der Waals surface area contributed by atoms with E-state index in [9.17, 15) is 14.4 Å². The molecule has 1 amide bonds. The molecule has 0 fully saturated rings. The van der Waals surface area contributed by atoms with Crippen LogP contribution in [0.1, 0.15) is 40.5 Å². The highest BCUT2D eigenvalue weighted by molar-refractivity contribution is 5.94. The average Bonchev–Trinajstić information content (AvgIpc) is 2.34. The number of rotatable bonds is 9. The predicted octanol–water partition coefficient (Wildman–Crippen LogP) is 1.38. The van der Waals surface area contributed by atoms with Gasteiger partial charge in [-0.15, -0.1) is 0 Å². The molecular formula is C14H25NO5. The highest BCUT2D eigenvalue weighted by Crippen LogP contribution is 2.04. The van der Waals surface area contributed by atoms with Gasteiger partial charge in [-0.05, 0) is 19.8 Å². The molecule has 0 heterocycles. The smallest absolute Gasteiger partial charge is 0.315 e. The molecule has 0 radical (unpaired) electrons. The first kappa shape index (κ1) is 18.4. The summed E-state index contributed by atoms with van der Waals surface area (Å²) in [7, 11) is 0. The van der Waals surface area contributed by atoms with E-state index in [1.54, 1.807) is 13.8 Å². The average molecular weight is 287 g/mol. The molecular weight excluding hydrogens is 262 g/mol. The standard InChI is InChI=1S/C14H25NO5/c1-5-19-13(17)7-8-15(10-11(3)4)12(16)9-14(18)20-6-2/h11H,5-10H2,1-4H3. The minimum Gasteiger partial charge on any atom is -0.466 e. The molecule has 0 N–H and O–H groups in total. The van der Waals surface area contributed by atoms with Crippen molar-refractivity contribution >= 4 is 17.8 Å². The SMILES string of the molecule is CCOC(=O)CCN(CC(C)C)C(=O)CC(=O)OCC. The lowest BCUT2D eigenvalue weighted by Crippen LogP contribution is -2.37. The van der Waals surface area contributed by atoms with Gasteiger partial charge in [0.15, 0.2) is 0 Å². The van der Waals surface area contributed by atoms with Crippen molar-refractivity contribution in [1.82, 2.24) is 4.90 Å². The number of carbonyl (C=O) groups excluding carboxylic acids is 3. The predicted molar refractivity (Wildman–Crippen MR) is 73.9 cm³/mol. The molecule has 0 aliphatic heterocycles. The van der Waals surface area contributed by atoms with E-state index in [1.165, 1.54) is 4.90 Å². The van der Waals surface area contributed by atoms with Crippen molar-refractivity contribution in [3.05, 3.63) is 0 Å². The van der Waals surface area contributed by atoms with Crippen LogP contribution in [-0.4, -0.2) is 49.0 Å². The third-order valence-electron chi connectivity index (χ3n) is 2.43. The molecule has 0 unspecified atom stereocenters. The molecule has 0 aromatic heterocycles. The molecule has 0 rings (SSSR count). The van der Waals surface area contributed by atoms with E-state index in [2.05, 4.69) is 0 Å². The van der Waals surface area contributed by atoms with E-state index >= 15 is 0 Å². The van der Waals surface area contributed by atoms with Gasteiger partial charge in [-0.1, -0.05) is 13.8 Å². The number of hydrogen-bond acceptors (Lipinski definition) is 5. The van der Waals surface area contributed by atoms with Crippen molar-refractivity contribution in [1.29, 1.82) is 0 Å². The summed E-state index contributed by atoms with van der Waals surface area (Å²) in [6, 6.07) is 0. The summed E-state index contributed by atoms with van der Waals surface area (Å²) >= 11 is 0. The van der Waals surface area contributed by atoms with Crippen LogP contribution in [0.15, 0.2) is 0 Å². The van der Waals surface area contributed by atoms with Crippen LogP contribution in [0.3, 0.4) is 0 Å². The molecule has 0 aliphatic rings. The quantitative estimate of drug-likeness (QED) is 0.473. The molecule has 0 spiro atoms. The summed E-state index contributed by atoms with van der Waals surface area (Å²) in [4.78, 5) is 36.2. The van der Waals surface area contributed by atoms with Gasteiger partial charge in [0.2, 0.25) is 5.91 Å². The van der Waals surface area contributed by atoms with E-state index in [4.69, 9.17) is 9.47 Å². The molecule has 116 valence electrons. The maximum atomic E-state index is 12.0. The summed E-state index contributed by atoms with van der Waals surface area (Å²) in [5, 5.41) is 0. The molecule has 0 atom stereocenters. The number of hydrogen-bond donors (Lipinski definition) is 0. The molecule has 0 aromatic carbocycles. The minimum atomic E-state index is -0.539. The van der Waals surface area contributed by atoms with E-state index in [0.717, 1.165) is 0 Å². The fourth-order valence-electron chi connectivity index (χ4n) is 1.67. The molecule has 20 heavy (non-hydrogen) atoms. The van der Waals surface area contributed by atoms with Crippen LogP contribution in [0.5, 0.6) is 0 Å². The largest absolute Gasteiger partial charge is 0.466 e. The van der Waals surface area contributed by atoms with Crippen molar-refractivity contribution in [2.45, 2.75) is 40.5 Å². The first-order valence-electron chi connectivity index (χ1n) is 6.99. The van der Waals surface area contributed by atoms with Crippen molar-refractivity contribution in [2.24, 2.45) is 5.92 Å². The molecule has 0 aliphatic carbocycles. The highest BCUT2D eigenvalue weighted by Gasteiger charge is 2.20. The van der Waals surface area contributed by atoms with Crippen LogP contribution in [-0.2, 0) is 23.9 Å². The van der Waals surface area contributed by atoms with Gasteiger partial charge in [0, 0.05) is 13.1 Å². The first-order chi connectivity index (χ1) is 9.40. The Bertz CT molecular complexity index is 328. The van der Waals surface area contributed by atoms with Gasteiger partial charge in [-0.3, -0.25) is 14.4 Å². The third kappa shape index (κ3) is 8.50. The lowest BCUT2D eigenvalue weighted by atomic mass is 10.2. The lowest BCUT2D eigenvalue weighted by Gasteiger charge is -2.24. The number of nitrogens with zero attached hydrogens (tertiary/aromatic N) is 1. The second-order valence-corrected chi connectivity index (χ2v) is 4.77. The topological polar surface area (TPSA) is 72.9 Å². The van der Waals surface area contributed by atoms with E-state index in [1.807, 2.05) is 13.8 Å². The second-order valence-electron chi connectivity index (χ2n) is 4.77. The Morgan fingerprint density at radius 3 is 2.05 bits per heavy atom. The van der Waals surface area contributed by atoms with Crippen molar-refractivity contribution in [3.8, 4) is 0 Å². The van der Waals surface area contributed by atoms with E-state index in [-0.39, 0.29) is 43.8 Å². The fraction of sp³-hybridized carbons (Fsp3) is 0.786. The Balaban J connectivity index is 4.42. The van der Waals surface area contributed by atoms with Gasteiger partial charge < -0.3 is 14.4 Å². The van der Waals surface area contributed by atoms with E-state index in [0.29, 0.717) is 13.2 Å². The summed E-state index contributed by atoms with van der Waals surface area (Å²) in [6.45, 7) is 8.68. The zero-order valence-electron chi connectivity index (χ0n) is 12.8. The Kier molecular flexibility index (Phi) is 9.41.